The van der Waals surface area contributed by atoms with Gasteiger partial charge in [-0.2, -0.15) is 0 Å². The molecule has 1 aliphatic rings. The molecular weight excluding hydrogens is 290 g/mol. The van der Waals surface area contributed by atoms with Gasteiger partial charge < -0.3 is 14.8 Å². The van der Waals surface area contributed by atoms with Gasteiger partial charge in [0.15, 0.2) is 11.5 Å². The summed E-state index contributed by atoms with van der Waals surface area (Å²) in [4.78, 5) is 12.1. The van der Waals surface area contributed by atoms with Gasteiger partial charge in [-0.25, -0.2) is 0 Å². The van der Waals surface area contributed by atoms with Gasteiger partial charge in [0.2, 0.25) is 5.91 Å². The molecule has 1 aromatic rings. The van der Waals surface area contributed by atoms with Crippen LogP contribution < -0.4 is 14.8 Å². The Morgan fingerprint density at radius 2 is 2.09 bits per heavy atom. The van der Waals surface area contributed by atoms with Crippen LogP contribution in [0.25, 0.3) is 0 Å². The van der Waals surface area contributed by atoms with Crippen LogP contribution in [0, 0.1) is 5.92 Å². The minimum Gasteiger partial charge on any atom is -0.493 e. The van der Waals surface area contributed by atoms with Gasteiger partial charge in [0.05, 0.1) is 19.8 Å². The summed E-state index contributed by atoms with van der Waals surface area (Å²) in [5, 5.41) is 3.09. The van der Waals surface area contributed by atoms with Crippen LogP contribution in [0.5, 0.6) is 11.5 Å². The van der Waals surface area contributed by atoms with Crippen molar-refractivity contribution in [3.8, 4) is 11.5 Å². The third-order valence-electron chi connectivity index (χ3n) is 4.53. The molecule has 128 valence electrons. The molecule has 0 unspecified atom stereocenters. The van der Waals surface area contributed by atoms with Crippen molar-refractivity contribution >= 4 is 5.91 Å². The Balaban J connectivity index is 1.95. The Bertz CT molecular complexity index is 511. The number of ether oxygens (including phenoxy) is 2. The lowest BCUT2D eigenvalue weighted by Gasteiger charge is -2.26. The lowest BCUT2D eigenvalue weighted by molar-refractivity contribution is -0.128. The summed E-state index contributed by atoms with van der Waals surface area (Å²) >= 11 is 0. The molecule has 2 rings (SSSR count). The summed E-state index contributed by atoms with van der Waals surface area (Å²) in [6, 6.07) is 5.88. The van der Waals surface area contributed by atoms with Crippen molar-refractivity contribution in [2.24, 2.45) is 5.92 Å². The monoisotopic (exact) mass is 319 g/mol. The van der Waals surface area contributed by atoms with Crippen LogP contribution in [0.1, 0.15) is 64.0 Å². The summed E-state index contributed by atoms with van der Waals surface area (Å²) in [6.07, 6.45) is 6.61. The lowest BCUT2D eigenvalue weighted by Crippen LogP contribution is -2.35. The molecule has 1 atom stereocenters. The van der Waals surface area contributed by atoms with Crippen molar-refractivity contribution in [2.75, 3.05) is 13.7 Å². The number of benzene rings is 1. The first-order valence-corrected chi connectivity index (χ1v) is 8.76. The van der Waals surface area contributed by atoms with Crippen molar-refractivity contribution in [1.82, 2.24) is 5.32 Å². The maximum atomic E-state index is 12.1. The van der Waals surface area contributed by atoms with E-state index >= 15 is 0 Å². The van der Waals surface area contributed by atoms with Crippen LogP contribution in [-0.2, 0) is 4.79 Å². The third-order valence-corrected chi connectivity index (χ3v) is 4.53. The fraction of sp³-hybridized carbons (Fsp3) is 0.632. The predicted molar refractivity (Wildman–Crippen MR) is 91.9 cm³/mol. The molecule has 4 nitrogen and oxygen atoms in total. The Morgan fingerprint density at radius 3 is 2.70 bits per heavy atom. The molecule has 0 aromatic heterocycles. The molecule has 0 saturated heterocycles. The second-order valence-electron chi connectivity index (χ2n) is 6.32. The van der Waals surface area contributed by atoms with Crippen molar-refractivity contribution in [3.05, 3.63) is 23.8 Å². The fourth-order valence-electron chi connectivity index (χ4n) is 2.69. The zero-order valence-corrected chi connectivity index (χ0v) is 14.6. The van der Waals surface area contributed by atoms with Gasteiger partial charge in [0.1, 0.15) is 0 Å². The Labute approximate surface area is 139 Å². The smallest absolute Gasteiger partial charge is 0.223 e. The quantitative estimate of drug-likeness (QED) is 0.693. The first-order chi connectivity index (χ1) is 11.2. The molecule has 1 aliphatic carbocycles. The lowest BCUT2D eigenvalue weighted by atomic mass is 9.84. The number of hydrogen-bond donors (Lipinski definition) is 1. The maximum absolute atomic E-state index is 12.1. The van der Waals surface area contributed by atoms with E-state index in [0.717, 1.165) is 36.3 Å². The molecule has 1 amide bonds. The van der Waals surface area contributed by atoms with E-state index in [4.69, 9.17) is 9.47 Å². The first kappa shape index (κ1) is 17.6. The second kappa shape index (κ2) is 8.80. The van der Waals surface area contributed by atoms with E-state index in [2.05, 4.69) is 12.2 Å². The van der Waals surface area contributed by atoms with Crippen LogP contribution in [0.2, 0.25) is 0 Å². The number of unbranched alkanes of at least 4 members (excludes halogenated alkanes) is 2. The molecule has 0 heterocycles. The summed E-state index contributed by atoms with van der Waals surface area (Å²) in [5.74, 6) is 1.87. The number of carbonyl (C=O) groups excluding carboxylic acids is 1. The van der Waals surface area contributed by atoms with Crippen LogP contribution in [0.15, 0.2) is 18.2 Å². The number of methoxy groups -OCH3 is 1. The van der Waals surface area contributed by atoms with Gasteiger partial charge in [-0.15, -0.1) is 0 Å². The van der Waals surface area contributed by atoms with E-state index in [9.17, 15) is 4.79 Å². The highest BCUT2D eigenvalue weighted by Crippen LogP contribution is 2.31. The highest BCUT2D eigenvalue weighted by atomic mass is 16.5. The predicted octanol–water partition coefficient (Wildman–Crippen LogP) is 4.24. The van der Waals surface area contributed by atoms with Gasteiger partial charge in [0, 0.05) is 5.92 Å². The Hall–Kier alpha value is -1.71. The van der Waals surface area contributed by atoms with E-state index in [1.807, 2.05) is 25.1 Å². The third kappa shape index (κ3) is 4.88. The zero-order chi connectivity index (χ0) is 16.7. The van der Waals surface area contributed by atoms with E-state index in [0.29, 0.717) is 6.61 Å². The SMILES string of the molecule is CCCCCOc1ccc([C@@H](C)NC(=O)C2CCC2)cc1OC. The summed E-state index contributed by atoms with van der Waals surface area (Å²) in [7, 11) is 1.65. The maximum Gasteiger partial charge on any atom is 0.223 e. The standard InChI is InChI=1S/C19H29NO3/c1-4-5-6-12-23-17-11-10-16(13-18(17)22-3)14(2)20-19(21)15-8-7-9-15/h10-11,13-15H,4-9,12H2,1-3H3,(H,20,21)/t14-/m1/s1. The van der Waals surface area contributed by atoms with Gasteiger partial charge in [0.25, 0.3) is 0 Å². The van der Waals surface area contributed by atoms with E-state index in [1.54, 1.807) is 7.11 Å². The average molecular weight is 319 g/mol. The van der Waals surface area contributed by atoms with Crippen LogP contribution in [0.3, 0.4) is 0 Å². The topological polar surface area (TPSA) is 47.6 Å². The van der Waals surface area contributed by atoms with Gasteiger partial charge in [-0.1, -0.05) is 32.3 Å². The van der Waals surface area contributed by atoms with Crippen LogP contribution >= 0.6 is 0 Å². The summed E-state index contributed by atoms with van der Waals surface area (Å²) in [6.45, 7) is 4.89. The van der Waals surface area contributed by atoms with E-state index in [1.165, 1.54) is 19.3 Å². The molecule has 1 N–H and O–H groups in total. The van der Waals surface area contributed by atoms with Crippen molar-refractivity contribution in [1.29, 1.82) is 0 Å². The van der Waals surface area contributed by atoms with Crippen LogP contribution in [-0.4, -0.2) is 19.6 Å². The molecule has 23 heavy (non-hydrogen) atoms. The number of amides is 1. The van der Waals surface area contributed by atoms with Gasteiger partial charge >= 0.3 is 0 Å². The number of carbonyl (C=O) groups is 1. The highest BCUT2D eigenvalue weighted by Gasteiger charge is 2.26. The molecule has 0 radical (unpaired) electrons. The molecule has 0 bridgehead atoms. The first-order valence-electron chi connectivity index (χ1n) is 8.76. The van der Waals surface area contributed by atoms with Crippen molar-refractivity contribution in [3.63, 3.8) is 0 Å². The normalized spacial score (nSPS) is 15.6. The Kier molecular flexibility index (Phi) is 6.75. The van der Waals surface area contributed by atoms with Crippen molar-refractivity contribution < 1.29 is 14.3 Å². The molecule has 1 fully saturated rings. The second-order valence-corrected chi connectivity index (χ2v) is 6.32. The van der Waals surface area contributed by atoms with Crippen LogP contribution in [0.4, 0.5) is 0 Å². The molecule has 4 heteroatoms. The minimum atomic E-state index is -0.0221. The number of nitrogens with one attached hydrogen (secondary N) is 1. The molecule has 0 aliphatic heterocycles. The molecular formula is C19H29NO3. The minimum absolute atomic E-state index is 0.0221. The average Bonchev–Trinajstić information content (AvgIpc) is 2.49. The van der Waals surface area contributed by atoms with Gasteiger partial charge in [-0.3, -0.25) is 4.79 Å². The molecule has 1 aromatic carbocycles. The Morgan fingerprint density at radius 1 is 1.30 bits per heavy atom. The fourth-order valence-corrected chi connectivity index (χ4v) is 2.69. The van der Waals surface area contributed by atoms with Gasteiger partial charge in [-0.05, 0) is 43.9 Å². The molecule has 0 spiro atoms. The highest BCUT2D eigenvalue weighted by molar-refractivity contribution is 5.79. The number of rotatable bonds is 9. The van der Waals surface area contributed by atoms with E-state index < -0.39 is 0 Å². The van der Waals surface area contributed by atoms with Crippen molar-refractivity contribution in [2.45, 2.75) is 58.4 Å². The molecule has 1 saturated carbocycles. The zero-order valence-electron chi connectivity index (χ0n) is 14.6. The number of hydrogen-bond acceptors (Lipinski definition) is 3. The van der Waals surface area contributed by atoms with E-state index in [-0.39, 0.29) is 17.9 Å². The summed E-state index contributed by atoms with van der Waals surface area (Å²) < 4.78 is 11.2. The largest absolute Gasteiger partial charge is 0.493 e. The summed E-state index contributed by atoms with van der Waals surface area (Å²) in [5.41, 5.74) is 1.04.